The normalized spacial score (nSPS) is 14.6. The average molecular weight is 520 g/mol. The summed E-state index contributed by atoms with van der Waals surface area (Å²) >= 11 is 6.37. The van der Waals surface area contributed by atoms with Gasteiger partial charge in [-0.15, -0.1) is 0 Å². The Morgan fingerprint density at radius 1 is 1.05 bits per heavy atom. The fourth-order valence-corrected chi connectivity index (χ4v) is 4.98. The molecule has 1 amide bonds. The number of phenolic OH excluding ortho intramolecular Hbond substituents is 2. The van der Waals surface area contributed by atoms with Gasteiger partial charge in [0.05, 0.1) is 20.3 Å². The van der Waals surface area contributed by atoms with E-state index in [1.807, 2.05) is 24.3 Å². The fraction of sp³-hybridized carbons (Fsp3) is 0.214. The Hall–Kier alpha value is -4.17. The number of methoxy groups -OCH3 is 2. The van der Waals surface area contributed by atoms with Crippen LogP contribution in [0, 0.1) is 6.92 Å². The van der Waals surface area contributed by atoms with E-state index >= 15 is 0 Å². The number of hydrogen-bond donors (Lipinski definition) is 3. The second-order valence-corrected chi connectivity index (χ2v) is 9.32. The number of nitrogens with one attached hydrogen (secondary N) is 1. The Morgan fingerprint density at radius 2 is 1.84 bits per heavy atom. The Labute approximate surface area is 219 Å². The molecule has 0 saturated carbocycles. The van der Waals surface area contributed by atoms with Gasteiger partial charge in [0.2, 0.25) is 0 Å². The Morgan fingerprint density at radius 3 is 2.57 bits per heavy atom. The van der Waals surface area contributed by atoms with Crippen molar-refractivity contribution in [3.05, 3.63) is 87.6 Å². The highest BCUT2D eigenvalue weighted by molar-refractivity contribution is 6.31. The lowest BCUT2D eigenvalue weighted by atomic mass is 9.95. The highest BCUT2D eigenvalue weighted by atomic mass is 35.5. The van der Waals surface area contributed by atoms with Gasteiger partial charge in [-0.2, -0.15) is 5.10 Å². The third-order valence-electron chi connectivity index (χ3n) is 6.67. The van der Waals surface area contributed by atoms with Gasteiger partial charge in [-0.3, -0.25) is 9.89 Å². The Balaban J connectivity index is 1.57. The molecule has 3 aromatic carbocycles. The number of aromatic amines is 1. The number of carbonyl (C=O) groups excluding carboxylic acids is 1. The van der Waals surface area contributed by atoms with Gasteiger partial charge in [0.1, 0.15) is 22.9 Å². The molecule has 190 valence electrons. The number of hydrogen-bond acceptors (Lipinski definition) is 6. The molecule has 5 rings (SSSR count). The predicted molar refractivity (Wildman–Crippen MR) is 140 cm³/mol. The third-order valence-corrected chi connectivity index (χ3v) is 7.08. The van der Waals surface area contributed by atoms with E-state index in [2.05, 4.69) is 10.2 Å². The van der Waals surface area contributed by atoms with Crippen LogP contribution in [0.4, 0.5) is 0 Å². The van der Waals surface area contributed by atoms with Crippen LogP contribution >= 0.6 is 11.6 Å². The smallest absolute Gasteiger partial charge is 0.273 e. The largest absolute Gasteiger partial charge is 0.508 e. The van der Waals surface area contributed by atoms with Crippen molar-refractivity contribution in [3.8, 4) is 34.3 Å². The first-order valence-electron chi connectivity index (χ1n) is 11.7. The summed E-state index contributed by atoms with van der Waals surface area (Å²) in [7, 11) is 3.16. The maximum Gasteiger partial charge on any atom is 0.273 e. The number of halogens is 1. The van der Waals surface area contributed by atoms with Crippen molar-refractivity contribution in [3.63, 3.8) is 0 Å². The summed E-state index contributed by atoms with van der Waals surface area (Å²) in [5.41, 5.74) is 4.24. The minimum Gasteiger partial charge on any atom is -0.508 e. The predicted octanol–water partition coefficient (Wildman–Crippen LogP) is 5.25. The van der Waals surface area contributed by atoms with E-state index in [0.29, 0.717) is 52.0 Å². The van der Waals surface area contributed by atoms with Crippen LogP contribution in [0.1, 0.15) is 38.8 Å². The van der Waals surface area contributed by atoms with Crippen LogP contribution in [0.3, 0.4) is 0 Å². The number of ether oxygens (including phenoxy) is 2. The van der Waals surface area contributed by atoms with Crippen molar-refractivity contribution in [2.24, 2.45) is 0 Å². The molecule has 0 spiro atoms. The number of benzene rings is 3. The standard InChI is InChI=1S/C28H26ClN3O5/c1-15-11-21(34)19(14-20(15)29)25-24-26(31-30-25)28(35)32(27(24)17-5-4-6-18(33)13-17)10-9-16-7-8-22(36-2)23(12-16)37-3/h4-8,11-14,27,33-34H,9-10H2,1-3H3,(H,30,31)/t27-/m1/s1. The van der Waals surface area contributed by atoms with Gasteiger partial charge in [-0.25, -0.2) is 0 Å². The van der Waals surface area contributed by atoms with Crippen molar-refractivity contribution >= 4 is 17.5 Å². The number of nitrogens with zero attached hydrogens (tertiary/aromatic N) is 2. The highest BCUT2D eigenvalue weighted by Gasteiger charge is 2.42. The number of rotatable bonds is 7. The van der Waals surface area contributed by atoms with E-state index in [-0.39, 0.29) is 17.4 Å². The molecule has 1 aliphatic heterocycles. The molecule has 2 heterocycles. The van der Waals surface area contributed by atoms with Gasteiger partial charge in [0.25, 0.3) is 5.91 Å². The second kappa shape index (κ2) is 9.71. The van der Waals surface area contributed by atoms with Gasteiger partial charge < -0.3 is 24.6 Å². The molecule has 1 aliphatic rings. The van der Waals surface area contributed by atoms with Crippen LogP contribution in [0.2, 0.25) is 5.02 Å². The molecule has 0 radical (unpaired) electrons. The van der Waals surface area contributed by atoms with Crippen LogP contribution in [0.15, 0.2) is 54.6 Å². The molecule has 4 aromatic rings. The van der Waals surface area contributed by atoms with Crippen LogP contribution in [-0.2, 0) is 6.42 Å². The molecule has 3 N–H and O–H groups in total. The molecule has 0 aliphatic carbocycles. The van der Waals surface area contributed by atoms with Crippen LogP contribution in [-0.4, -0.2) is 52.0 Å². The van der Waals surface area contributed by atoms with Crippen LogP contribution in [0.5, 0.6) is 23.0 Å². The summed E-state index contributed by atoms with van der Waals surface area (Å²) < 4.78 is 10.8. The molecular formula is C28H26ClN3O5. The van der Waals surface area contributed by atoms with E-state index in [0.717, 1.165) is 16.7 Å². The monoisotopic (exact) mass is 519 g/mol. The minimum atomic E-state index is -0.539. The molecule has 0 saturated heterocycles. The van der Waals surface area contributed by atoms with Crippen molar-refractivity contribution in [2.45, 2.75) is 19.4 Å². The third kappa shape index (κ3) is 4.34. The number of aromatic hydroxyl groups is 2. The highest BCUT2D eigenvalue weighted by Crippen LogP contribution is 2.45. The summed E-state index contributed by atoms with van der Waals surface area (Å²) in [4.78, 5) is 15.4. The van der Waals surface area contributed by atoms with E-state index in [9.17, 15) is 15.0 Å². The number of H-pyrrole nitrogens is 1. The van der Waals surface area contributed by atoms with Gasteiger partial charge >= 0.3 is 0 Å². The van der Waals surface area contributed by atoms with E-state index in [1.54, 1.807) is 56.4 Å². The summed E-state index contributed by atoms with van der Waals surface area (Å²) in [5, 5.41) is 28.7. The molecule has 9 heteroatoms. The topological polar surface area (TPSA) is 108 Å². The molecule has 0 fully saturated rings. The number of carbonyl (C=O) groups is 1. The van der Waals surface area contributed by atoms with Crippen LogP contribution < -0.4 is 9.47 Å². The zero-order valence-electron chi connectivity index (χ0n) is 20.6. The molecular weight excluding hydrogens is 494 g/mol. The maximum absolute atomic E-state index is 13.6. The first-order chi connectivity index (χ1) is 17.8. The number of aromatic nitrogens is 2. The molecule has 8 nitrogen and oxygen atoms in total. The van der Waals surface area contributed by atoms with Crippen molar-refractivity contribution < 1.29 is 24.5 Å². The molecule has 37 heavy (non-hydrogen) atoms. The summed E-state index contributed by atoms with van der Waals surface area (Å²) in [6, 6.07) is 15.2. The van der Waals surface area contributed by atoms with E-state index < -0.39 is 6.04 Å². The summed E-state index contributed by atoms with van der Waals surface area (Å²) in [6.45, 7) is 2.19. The van der Waals surface area contributed by atoms with Crippen molar-refractivity contribution in [1.29, 1.82) is 0 Å². The average Bonchev–Trinajstić information content (AvgIpc) is 3.43. The van der Waals surface area contributed by atoms with E-state index in [1.165, 1.54) is 0 Å². The zero-order chi connectivity index (χ0) is 26.3. The number of aryl methyl sites for hydroxylation is 1. The Bertz CT molecular complexity index is 1500. The minimum absolute atomic E-state index is 0.0158. The second-order valence-electron chi connectivity index (χ2n) is 8.91. The SMILES string of the molecule is COc1ccc(CCN2C(=O)c3[nH]nc(-c4cc(Cl)c(C)cc4O)c3[C@H]2c2cccc(O)c2)cc1OC. The van der Waals surface area contributed by atoms with Gasteiger partial charge in [-0.05, 0) is 66.4 Å². The quantitative estimate of drug-likeness (QED) is 0.307. The Kier molecular flexibility index (Phi) is 6.43. The molecule has 0 unspecified atom stereocenters. The van der Waals surface area contributed by atoms with Gasteiger partial charge in [0, 0.05) is 22.7 Å². The lowest BCUT2D eigenvalue weighted by Crippen LogP contribution is -2.31. The van der Waals surface area contributed by atoms with Crippen molar-refractivity contribution in [1.82, 2.24) is 15.1 Å². The van der Waals surface area contributed by atoms with Gasteiger partial charge in [0.15, 0.2) is 11.5 Å². The lowest BCUT2D eigenvalue weighted by molar-refractivity contribution is 0.0745. The number of amides is 1. The van der Waals surface area contributed by atoms with Crippen molar-refractivity contribution in [2.75, 3.05) is 20.8 Å². The van der Waals surface area contributed by atoms with Gasteiger partial charge in [-0.1, -0.05) is 29.8 Å². The summed E-state index contributed by atoms with van der Waals surface area (Å²) in [6.07, 6.45) is 0.552. The number of fused-ring (bicyclic) bond motifs is 1. The molecule has 0 bridgehead atoms. The van der Waals surface area contributed by atoms with E-state index in [4.69, 9.17) is 21.1 Å². The fourth-order valence-electron chi connectivity index (χ4n) is 4.82. The number of phenols is 2. The summed E-state index contributed by atoms with van der Waals surface area (Å²) in [5.74, 6) is 1.12. The van der Waals surface area contributed by atoms with Crippen LogP contribution in [0.25, 0.3) is 11.3 Å². The lowest BCUT2D eigenvalue weighted by Gasteiger charge is -2.27. The molecule has 1 aromatic heterocycles. The maximum atomic E-state index is 13.6. The first kappa shape index (κ1) is 24.5. The molecule has 1 atom stereocenters. The first-order valence-corrected chi connectivity index (χ1v) is 12.1. The zero-order valence-corrected chi connectivity index (χ0v) is 21.3.